The van der Waals surface area contributed by atoms with E-state index >= 15 is 0 Å². The zero-order chi connectivity index (χ0) is 18.3. The summed E-state index contributed by atoms with van der Waals surface area (Å²) in [6.07, 6.45) is 2.16. The molecule has 0 radical (unpaired) electrons. The number of hydrogen-bond acceptors (Lipinski definition) is 4. The highest BCUT2D eigenvalue weighted by Crippen LogP contribution is 2.20. The SMILES string of the molecule is CCN(CC)CCC(CCN(CC)CC)C(Cl)CO.O=[PH](O)O. The molecule has 0 spiro atoms. The molecule has 0 aliphatic carbocycles. The number of nitrogens with zero attached hydrogens (tertiary/aromatic N) is 2. The quantitative estimate of drug-likeness (QED) is 0.358. The third-order valence-corrected chi connectivity index (χ3v) is 4.60. The first-order valence-electron chi connectivity index (χ1n) is 8.47. The second-order valence-electron chi connectivity index (χ2n) is 5.37. The molecule has 0 fully saturated rings. The fourth-order valence-electron chi connectivity index (χ4n) is 2.43. The number of alkyl halides is 1. The van der Waals surface area contributed by atoms with Crippen molar-refractivity contribution < 1.29 is 19.5 Å². The van der Waals surface area contributed by atoms with Crippen LogP contribution in [0.25, 0.3) is 0 Å². The second-order valence-corrected chi connectivity index (χ2v) is 6.50. The summed E-state index contributed by atoms with van der Waals surface area (Å²) in [7, 11) is -3.13. The Morgan fingerprint density at radius 2 is 1.22 bits per heavy atom. The van der Waals surface area contributed by atoms with Gasteiger partial charge in [0.1, 0.15) is 0 Å². The number of aliphatic hydroxyl groups is 1. The van der Waals surface area contributed by atoms with Gasteiger partial charge in [-0.3, -0.25) is 4.57 Å². The predicted octanol–water partition coefficient (Wildman–Crippen LogP) is 2.03. The molecule has 0 saturated heterocycles. The maximum Gasteiger partial charge on any atom is 0.314 e. The molecule has 0 bridgehead atoms. The van der Waals surface area contributed by atoms with Crippen LogP contribution in [0, 0.1) is 5.92 Å². The number of rotatable bonds is 12. The highest BCUT2D eigenvalue weighted by atomic mass is 35.5. The largest absolute Gasteiger partial charge is 0.395 e. The molecule has 8 heteroatoms. The number of aliphatic hydroxyl groups excluding tert-OH is 1. The molecular formula is C15H36ClN2O4P. The second kappa shape index (κ2) is 17.2. The molecule has 23 heavy (non-hydrogen) atoms. The van der Waals surface area contributed by atoms with Crippen molar-refractivity contribution >= 4 is 19.9 Å². The van der Waals surface area contributed by atoms with Crippen LogP contribution < -0.4 is 0 Å². The molecule has 0 saturated carbocycles. The molecule has 0 heterocycles. The van der Waals surface area contributed by atoms with Crippen molar-refractivity contribution in [3.8, 4) is 0 Å². The van der Waals surface area contributed by atoms with Gasteiger partial charge < -0.3 is 24.7 Å². The van der Waals surface area contributed by atoms with Gasteiger partial charge in [0.2, 0.25) is 0 Å². The molecule has 142 valence electrons. The zero-order valence-electron chi connectivity index (χ0n) is 15.0. The summed E-state index contributed by atoms with van der Waals surface area (Å²) in [6, 6.07) is 0. The summed E-state index contributed by atoms with van der Waals surface area (Å²) in [5.74, 6) is 0.410. The van der Waals surface area contributed by atoms with E-state index in [1.807, 2.05) is 0 Å². The van der Waals surface area contributed by atoms with Crippen LogP contribution >= 0.6 is 19.9 Å². The van der Waals surface area contributed by atoms with E-state index in [1.165, 1.54) is 0 Å². The van der Waals surface area contributed by atoms with Crippen molar-refractivity contribution in [2.75, 3.05) is 45.9 Å². The highest BCUT2D eigenvalue weighted by molar-refractivity contribution is 7.30. The average Bonchev–Trinajstić information content (AvgIpc) is 2.53. The summed E-state index contributed by atoms with van der Waals surface area (Å²) < 4.78 is 8.74. The Morgan fingerprint density at radius 3 is 1.43 bits per heavy atom. The molecule has 0 aromatic heterocycles. The Kier molecular flexibility index (Phi) is 19.1. The van der Waals surface area contributed by atoms with Crippen LogP contribution in [0.15, 0.2) is 0 Å². The fraction of sp³-hybridized carbons (Fsp3) is 1.00. The van der Waals surface area contributed by atoms with E-state index in [4.69, 9.17) is 26.0 Å². The summed E-state index contributed by atoms with van der Waals surface area (Å²) in [6.45, 7) is 15.4. The van der Waals surface area contributed by atoms with Gasteiger partial charge in [0.15, 0.2) is 0 Å². The Balaban J connectivity index is 0. The molecular weight excluding hydrogens is 339 g/mol. The third-order valence-electron chi connectivity index (χ3n) is 4.11. The molecule has 0 amide bonds. The third kappa shape index (κ3) is 15.6. The van der Waals surface area contributed by atoms with E-state index < -0.39 is 8.25 Å². The predicted molar refractivity (Wildman–Crippen MR) is 98.5 cm³/mol. The van der Waals surface area contributed by atoms with Gasteiger partial charge in [-0.05, 0) is 58.0 Å². The molecule has 0 aliphatic heterocycles. The van der Waals surface area contributed by atoms with Crippen LogP contribution in [0.5, 0.6) is 0 Å². The first-order valence-corrected chi connectivity index (χ1v) is 10.2. The maximum absolute atomic E-state index is 9.31. The standard InChI is InChI=1S/C15H33ClN2O.H3O3P/c1-5-17(6-2)11-9-14(15(16)13-19)10-12-18(7-3)8-4;1-4(2)3/h14-15,19H,5-13H2,1-4H3;4H,(H2,1,2,3). The van der Waals surface area contributed by atoms with Gasteiger partial charge in [0, 0.05) is 0 Å². The lowest BCUT2D eigenvalue weighted by Crippen LogP contribution is -2.32. The van der Waals surface area contributed by atoms with Crippen molar-refractivity contribution in [2.24, 2.45) is 5.92 Å². The first-order chi connectivity index (χ1) is 10.9. The lowest BCUT2D eigenvalue weighted by molar-refractivity contribution is 0.206. The van der Waals surface area contributed by atoms with Crippen LogP contribution in [-0.4, -0.2) is 75.9 Å². The van der Waals surface area contributed by atoms with Crippen LogP contribution in [0.4, 0.5) is 0 Å². The minimum atomic E-state index is -3.13. The van der Waals surface area contributed by atoms with Crippen LogP contribution in [0.3, 0.4) is 0 Å². The van der Waals surface area contributed by atoms with Crippen LogP contribution in [0.2, 0.25) is 0 Å². The zero-order valence-corrected chi connectivity index (χ0v) is 16.8. The van der Waals surface area contributed by atoms with E-state index in [9.17, 15) is 5.11 Å². The van der Waals surface area contributed by atoms with Gasteiger partial charge >= 0.3 is 8.25 Å². The van der Waals surface area contributed by atoms with E-state index in [0.717, 1.165) is 52.1 Å². The molecule has 1 unspecified atom stereocenters. The normalized spacial score (nSPS) is 12.9. The van der Waals surface area contributed by atoms with Gasteiger partial charge in [-0.15, -0.1) is 11.6 Å². The van der Waals surface area contributed by atoms with Crippen molar-refractivity contribution in [1.29, 1.82) is 0 Å². The molecule has 6 nitrogen and oxygen atoms in total. The van der Waals surface area contributed by atoms with Crippen molar-refractivity contribution in [2.45, 2.75) is 45.9 Å². The van der Waals surface area contributed by atoms with Crippen molar-refractivity contribution in [1.82, 2.24) is 9.80 Å². The minimum Gasteiger partial charge on any atom is -0.395 e. The lowest BCUT2D eigenvalue weighted by Gasteiger charge is -2.27. The van der Waals surface area contributed by atoms with Gasteiger partial charge in [-0.25, -0.2) is 0 Å². The Labute approximate surface area is 147 Å². The molecule has 0 rings (SSSR count). The molecule has 3 N–H and O–H groups in total. The van der Waals surface area contributed by atoms with Gasteiger partial charge in [-0.2, -0.15) is 0 Å². The van der Waals surface area contributed by atoms with Crippen LogP contribution in [-0.2, 0) is 4.57 Å². The van der Waals surface area contributed by atoms with Gasteiger partial charge in [0.25, 0.3) is 0 Å². The van der Waals surface area contributed by atoms with E-state index in [1.54, 1.807) is 0 Å². The van der Waals surface area contributed by atoms with Crippen molar-refractivity contribution in [3.05, 3.63) is 0 Å². The summed E-state index contributed by atoms with van der Waals surface area (Å²) in [4.78, 5) is 19.2. The average molecular weight is 375 g/mol. The van der Waals surface area contributed by atoms with Crippen LogP contribution in [0.1, 0.15) is 40.5 Å². The summed E-state index contributed by atoms with van der Waals surface area (Å²) in [5, 5.41) is 9.20. The lowest BCUT2D eigenvalue weighted by atomic mass is 9.96. The molecule has 1 atom stereocenters. The van der Waals surface area contributed by atoms with E-state index in [0.29, 0.717) is 5.92 Å². The monoisotopic (exact) mass is 374 g/mol. The molecule has 0 aromatic rings. The van der Waals surface area contributed by atoms with E-state index in [-0.39, 0.29) is 12.0 Å². The van der Waals surface area contributed by atoms with E-state index in [2.05, 4.69) is 37.5 Å². The molecule has 0 aliphatic rings. The Bertz CT molecular complexity index is 260. The Morgan fingerprint density at radius 1 is 0.913 bits per heavy atom. The number of halogens is 1. The molecule has 0 aromatic carbocycles. The smallest absolute Gasteiger partial charge is 0.314 e. The summed E-state index contributed by atoms with van der Waals surface area (Å²) in [5.41, 5.74) is 0. The number of hydrogen-bond donors (Lipinski definition) is 3. The first kappa shape index (κ1) is 25.6. The van der Waals surface area contributed by atoms with Gasteiger partial charge in [-0.1, -0.05) is 27.7 Å². The maximum atomic E-state index is 9.31. The minimum absolute atomic E-state index is 0.0860. The fourth-order valence-corrected chi connectivity index (χ4v) is 2.68. The highest BCUT2D eigenvalue weighted by Gasteiger charge is 2.19. The van der Waals surface area contributed by atoms with Gasteiger partial charge in [0.05, 0.1) is 12.0 Å². The summed E-state index contributed by atoms with van der Waals surface area (Å²) >= 11 is 6.28. The Hall–Kier alpha value is 0.320. The topological polar surface area (TPSA) is 84.2 Å². The van der Waals surface area contributed by atoms with Crippen molar-refractivity contribution in [3.63, 3.8) is 0 Å².